The molecule has 7 N–H and O–H groups in total. The number of para-hydroxylation sites is 1. The Morgan fingerprint density at radius 1 is 1.19 bits per heavy atom. The summed E-state index contributed by atoms with van der Waals surface area (Å²) in [5.41, 5.74) is 6.69. The summed E-state index contributed by atoms with van der Waals surface area (Å²) in [5.74, 6) is -0.0154. The summed E-state index contributed by atoms with van der Waals surface area (Å²) in [7, 11) is -16.7. The van der Waals surface area contributed by atoms with E-state index >= 15 is 0 Å². The maximum atomic E-state index is 12.0. The third-order valence-electron chi connectivity index (χ3n) is 5.97. The molecule has 240 valence electrons. The Kier molecular flexibility index (Phi) is 11.2. The molecule has 0 amide bonds. The van der Waals surface area contributed by atoms with Crippen molar-refractivity contribution in [2.24, 2.45) is 16.6 Å². The summed E-state index contributed by atoms with van der Waals surface area (Å²) >= 11 is 0. The molecule has 3 unspecified atom stereocenters. The van der Waals surface area contributed by atoms with E-state index in [1.54, 1.807) is 18.2 Å². The van der Waals surface area contributed by atoms with E-state index < -0.39 is 59.5 Å². The number of ether oxygens (including phenoxy) is 2. The second-order valence-corrected chi connectivity index (χ2v) is 14.0. The van der Waals surface area contributed by atoms with Gasteiger partial charge in [0, 0.05) is 24.3 Å². The van der Waals surface area contributed by atoms with E-state index in [0.717, 1.165) is 0 Å². The highest BCUT2D eigenvalue weighted by atomic mass is 31.3. The molecule has 6 atom stereocenters. The van der Waals surface area contributed by atoms with Gasteiger partial charge in [-0.1, -0.05) is 32.6 Å². The standard InChI is InChI=1S/C21H31N4O15P3/c1-12(2)20(15-6-4-5-7-16(15)25(27)28)36-10-14-9-24(13(3)23-21(14)22)19-8-17(26)18(38-19)11-37-42(32,33)40-43(34,35)39-41(29,30)31/h4-7,9,12,17-20,26H,3,8,10-11H2,1-2H3,(H2,22,23)(H,32,33)(H,34,35)(H2,29,30,31)/t17?,18-,19-,20-/m1/s1. The summed E-state index contributed by atoms with van der Waals surface area (Å²) in [5, 5.41) is 22.0. The number of hydrogen-bond acceptors (Lipinski definition) is 14. The van der Waals surface area contributed by atoms with Crippen molar-refractivity contribution >= 4 is 35.0 Å². The van der Waals surface area contributed by atoms with Gasteiger partial charge in [0.15, 0.2) is 0 Å². The minimum absolute atomic E-state index is 0.0501. The highest BCUT2D eigenvalue weighted by molar-refractivity contribution is 7.66. The van der Waals surface area contributed by atoms with Gasteiger partial charge in [0.25, 0.3) is 5.69 Å². The number of aliphatic hydroxyl groups excluding tert-OH is 1. The predicted octanol–water partition coefficient (Wildman–Crippen LogP) is 2.16. The molecule has 0 aromatic heterocycles. The highest BCUT2D eigenvalue weighted by Crippen LogP contribution is 2.66. The van der Waals surface area contributed by atoms with Crippen LogP contribution in [0.15, 0.2) is 53.4 Å². The third kappa shape index (κ3) is 9.83. The van der Waals surface area contributed by atoms with Crippen LogP contribution in [0.25, 0.3) is 0 Å². The number of hydrogen-bond donors (Lipinski definition) is 6. The van der Waals surface area contributed by atoms with Crippen LogP contribution in [0.1, 0.15) is 31.9 Å². The van der Waals surface area contributed by atoms with Crippen LogP contribution in [-0.2, 0) is 36.3 Å². The van der Waals surface area contributed by atoms with E-state index in [9.17, 15) is 38.7 Å². The first-order valence-corrected chi connectivity index (χ1v) is 16.8. The van der Waals surface area contributed by atoms with E-state index in [4.69, 9.17) is 25.0 Å². The molecule has 43 heavy (non-hydrogen) atoms. The average molecular weight is 672 g/mol. The molecule has 2 heterocycles. The van der Waals surface area contributed by atoms with Crippen LogP contribution in [0, 0.1) is 16.0 Å². The summed E-state index contributed by atoms with van der Waals surface area (Å²) in [6, 6.07) is 6.17. The molecule has 0 aliphatic carbocycles. The molecule has 0 radical (unpaired) electrons. The molecule has 0 saturated carbocycles. The Morgan fingerprint density at radius 2 is 1.84 bits per heavy atom. The Bertz CT molecular complexity index is 1430. The topological polar surface area (TPSA) is 283 Å². The second-order valence-electron chi connectivity index (χ2n) is 9.59. The van der Waals surface area contributed by atoms with E-state index in [-0.39, 0.29) is 36.3 Å². The SMILES string of the molecule is C=C1N=C(N)C(CO[C@@H](c2ccccc2[N+](=O)[O-])C(C)C)=CN1[C@H]1CC(O)[C@@H](COP(=O)(O)OP(=O)(O)OP(=O)(O)O)O1. The van der Waals surface area contributed by atoms with E-state index in [2.05, 4.69) is 24.7 Å². The zero-order valence-electron chi connectivity index (χ0n) is 22.7. The van der Waals surface area contributed by atoms with Gasteiger partial charge in [-0.3, -0.25) is 14.6 Å². The number of aliphatic hydroxyl groups is 1. The molecular weight excluding hydrogens is 641 g/mol. The van der Waals surface area contributed by atoms with Crippen LogP contribution in [0.4, 0.5) is 5.69 Å². The Hall–Kier alpha value is -2.34. The van der Waals surface area contributed by atoms with Crippen LogP contribution in [0.3, 0.4) is 0 Å². The van der Waals surface area contributed by atoms with Crippen molar-refractivity contribution in [3.05, 3.63) is 64.1 Å². The average Bonchev–Trinajstić information content (AvgIpc) is 3.22. The fourth-order valence-electron chi connectivity index (χ4n) is 4.16. The van der Waals surface area contributed by atoms with Crippen molar-refractivity contribution in [1.29, 1.82) is 0 Å². The molecule has 2 aliphatic heterocycles. The number of amidine groups is 1. The molecule has 3 rings (SSSR count). The normalized spacial score (nSPS) is 24.7. The van der Waals surface area contributed by atoms with Crippen molar-refractivity contribution in [2.75, 3.05) is 13.2 Å². The monoisotopic (exact) mass is 672 g/mol. The van der Waals surface area contributed by atoms with Gasteiger partial charge in [0.05, 0.1) is 35.9 Å². The van der Waals surface area contributed by atoms with Gasteiger partial charge >= 0.3 is 23.5 Å². The Balaban J connectivity index is 1.68. The fourth-order valence-corrected chi connectivity index (χ4v) is 7.19. The second kappa shape index (κ2) is 13.7. The summed E-state index contributed by atoms with van der Waals surface area (Å²) in [6.45, 7) is 6.47. The highest BCUT2D eigenvalue weighted by Gasteiger charge is 2.43. The lowest BCUT2D eigenvalue weighted by Gasteiger charge is -2.31. The van der Waals surface area contributed by atoms with Gasteiger partial charge in [0.2, 0.25) is 0 Å². The summed E-state index contributed by atoms with van der Waals surface area (Å²) in [6.07, 6.45) is -2.84. The lowest BCUT2D eigenvalue weighted by Crippen LogP contribution is -2.36. The minimum Gasteiger partial charge on any atom is -0.390 e. The van der Waals surface area contributed by atoms with Crippen molar-refractivity contribution in [1.82, 2.24) is 4.90 Å². The van der Waals surface area contributed by atoms with Gasteiger partial charge in [-0.25, -0.2) is 18.7 Å². The molecule has 22 heteroatoms. The lowest BCUT2D eigenvalue weighted by molar-refractivity contribution is -0.386. The minimum atomic E-state index is -5.72. The number of rotatable bonds is 14. The first kappa shape index (κ1) is 35.1. The maximum Gasteiger partial charge on any atom is 0.490 e. The van der Waals surface area contributed by atoms with Crippen LogP contribution < -0.4 is 5.73 Å². The van der Waals surface area contributed by atoms with Gasteiger partial charge in [-0.05, 0) is 12.0 Å². The quantitative estimate of drug-likeness (QED) is 0.0937. The molecule has 1 aromatic carbocycles. The number of nitro benzene ring substituents is 1. The van der Waals surface area contributed by atoms with Crippen molar-refractivity contribution in [3.8, 4) is 0 Å². The lowest BCUT2D eigenvalue weighted by atomic mass is 9.97. The van der Waals surface area contributed by atoms with Gasteiger partial charge in [-0.15, -0.1) is 0 Å². The van der Waals surface area contributed by atoms with Crippen molar-refractivity contribution in [2.45, 2.75) is 44.8 Å². The number of aliphatic imine (C=N–C) groups is 1. The van der Waals surface area contributed by atoms with Crippen LogP contribution >= 0.6 is 23.5 Å². The number of phosphoric ester groups is 1. The largest absolute Gasteiger partial charge is 0.490 e. The Labute approximate surface area is 244 Å². The zero-order valence-corrected chi connectivity index (χ0v) is 25.4. The molecule has 0 bridgehead atoms. The summed E-state index contributed by atoms with van der Waals surface area (Å²) in [4.78, 5) is 52.8. The number of nitro groups is 1. The van der Waals surface area contributed by atoms with Gasteiger partial charge < -0.3 is 44.8 Å². The number of phosphoric acid groups is 3. The van der Waals surface area contributed by atoms with E-state index in [0.29, 0.717) is 11.1 Å². The summed E-state index contributed by atoms with van der Waals surface area (Å²) < 4.78 is 57.9. The number of nitrogens with zero attached hydrogens (tertiary/aromatic N) is 3. The smallest absolute Gasteiger partial charge is 0.390 e. The molecule has 19 nitrogen and oxygen atoms in total. The van der Waals surface area contributed by atoms with Crippen LogP contribution in [0.5, 0.6) is 0 Å². The van der Waals surface area contributed by atoms with E-state index in [1.807, 2.05) is 13.8 Å². The van der Waals surface area contributed by atoms with Crippen molar-refractivity contribution < 1.29 is 65.9 Å². The van der Waals surface area contributed by atoms with Crippen LogP contribution in [-0.4, -0.2) is 72.0 Å². The van der Waals surface area contributed by atoms with Gasteiger partial charge in [-0.2, -0.15) is 8.62 Å². The molecule has 1 aromatic rings. The van der Waals surface area contributed by atoms with Gasteiger partial charge in [0.1, 0.15) is 24.0 Å². The molecule has 2 aliphatic rings. The first-order valence-electron chi connectivity index (χ1n) is 12.3. The van der Waals surface area contributed by atoms with E-state index in [1.165, 1.54) is 17.2 Å². The predicted molar refractivity (Wildman–Crippen MR) is 146 cm³/mol. The third-order valence-corrected chi connectivity index (χ3v) is 9.77. The Morgan fingerprint density at radius 3 is 2.44 bits per heavy atom. The first-order chi connectivity index (χ1) is 19.8. The fraction of sp³-hybridized carbons (Fsp3) is 0.476. The number of nitrogens with two attached hydrogens (primary N) is 1. The molecule has 1 fully saturated rings. The molecular formula is C21H31N4O15P3. The van der Waals surface area contributed by atoms with Crippen molar-refractivity contribution in [3.63, 3.8) is 0 Å². The van der Waals surface area contributed by atoms with Crippen LogP contribution in [0.2, 0.25) is 0 Å². The molecule has 0 spiro atoms. The molecule has 1 saturated heterocycles. The zero-order chi connectivity index (χ0) is 32.3. The number of benzene rings is 1. The maximum absolute atomic E-state index is 12.0.